The highest BCUT2D eigenvalue weighted by atomic mass is 35.5. The fourth-order valence-corrected chi connectivity index (χ4v) is 3.93. The van der Waals surface area contributed by atoms with Crippen LogP contribution in [0.5, 0.6) is 0 Å². The number of hydrazone groups is 1. The number of benzene rings is 1. The van der Waals surface area contributed by atoms with Gasteiger partial charge in [0.15, 0.2) is 12.2 Å². The number of fused-ring (bicyclic) bond motifs is 1. The van der Waals surface area contributed by atoms with Gasteiger partial charge in [0.1, 0.15) is 5.82 Å². The summed E-state index contributed by atoms with van der Waals surface area (Å²) in [6, 6.07) is 3.26. The van der Waals surface area contributed by atoms with E-state index in [-0.39, 0.29) is 16.5 Å². The molecule has 2 atom stereocenters. The Morgan fingerprint density at radius 2 is 2.00 bits per heavy atom. The average molecular weight is 451 g/mol. The van der Waals surface area contributed by atoms with Gasteiger partial charge in [-0.15, -0.1) is 0 Å². The molecule has 0 bridgehead atoms. The molecule has 31 heavy (non-hydrogen) atoms. The van der Waals surface area contributed by atoms with E-state index in [2.05, 4.69) is 27.8 Å². The second-order valence-electron chi connectivity index (χ2n) is 7.68. The standard InChI is InChI=1S/C21H28ClFN6O2/c1-3-4-5-6-7-8-12-29-17-18(28(2)21(31)26-19(17)30)25-20(29)27-24-13-14-15(22)10-9-11-16(14)23/h9-11,13,17-18H,3-8,12H2,1-2H3,(H,25,27)(H,26,30,31)/b24-13-. The van der Waals surface area contributed by atoms with Crippen molar-refractivity contribution in [3.8, 4) is 0 Å². The monoisotopic (exact) mass is 450 g/mol. The zero-order valence-corrected chi connectivity index (χ0v) is 18.5. The summed E-state index contributed by atoms with van der Waals surface area (Å²) in [7, 11) is 1.59. The number of halogens is 2. The Balaban J connectivity index is 1.72. The van der Waals surface area contributed by atoms with Crippen LogP contribution in [0.2, 0.25) is 5.02 Å². The lowest BCUT2D eigenvalue weighted by Crippen LogP contribution is -2.64. The third kappa shape index (κ3) is 5.33. The number of hydrogen-bond acceptors (Lipinski definition) is 6. The molecule has 10 heteroatoms. The fourth-order valence-electron chi connectivity index (χ4n) is 3.71. The maximum atomic E-state index is 14.0. The van der Waals surface area contributed by atoms with Gasteiger partial charge >= 0.3 is 6.03 Å². The van der Waals surface area contributed by atoms with Gasteiger partial charge in [0.05, 0.1) is 11.2 Å². The molecule has 0 saturated carbocycles. The molecule has 3 rings (SSSR count). The second-order valence-corrected chi connectivity index (χ2v) is 8.09. The van der Waals surface area contributed by atoms with E-state index < -0.39 is 24.1 Å². The first kappa shape index (κ1) is 23.0. The number of nitrogens with zero attached hydrogens (tertiary/aromatic N) is 4. The normalized spacial score (nSPS) is 20.8. The molecule has 0 spiro atoms. The second kappa shape index (κ2) is 10.6. The number of rotatable bonds is 9. The largest absolute Gasteiger partial charge is 0.326 e. The molecule has 2 heterocycles. The SMILES string of the molecule is CCCCCCCCN1C(N/N=C\c2c(F)cccc2Cl)=NC2C1C(=O)NC(=O)N2C. The number of carbonyl (C=O) groups excluding carboxylic acids is 2. The van der Waals surface area contributed by atoms with Crippen LogP contribution in [0.3, 0.4) is 0 Å². The fraction of sp³-hybridized carbons (Fsp3) is 0.524. The maximum absolute atomic E-state index is 14.0. The number of hydrogen-bond donors (Lipinski definition) is 2. The predicted molar refractivity (Wildman–Crippen MR) is 119 cm³/mol. The molecule has 1 fully saturated rings. The summed E-state index contributed by atoms with van der Waals surface area (Å²) in [5.74, 6) is -0.515. The van der Waals surface area contributed by atoms with Gasteiger partial charge in [-0.1, -0.05) is 56.7 Å². The molecule has 8 nitrogen and oxygen atoms in total. The number of nitrogens with one attached hydrogen (secondary N) is 2. The maximum Gasteiger partial charge on any atom is 0.325 e. The number of urea groups is 1. The van der Waals surface area contributed by atoms with Crippen molar-refractivity contribution in [2.45, 2.75) is 57.7 Å². The van der Waals surface area contributed by atoms with Crippen LogP contribution in [-0.2, 0) is 4.79 Å². The Morgan fingerprint density at radius 1 is 1.26 bits per heavy atom. The van der Waals surface area contributed by atoms with Crippen molar-refractivity contribution in [2.75, 3.05) is 13.6 Å². The van der Waals surface area contributed by atoms with Crippen LogP contribution in [0.15, 0.2) is 28.3 Å². The molecule has 1 saturated heterocycles. The van der Waals surface area contributed by atoms with E-state index in [0.29, 0.717) is 12.5 Å². The van der Waals surface area contributed by atoms with Crippen molar-refractivity contribution in [1.29, 1.82) is 0 Å². The number of unbranched alkanes of at least 4 members (excludes halogenated alkanes) is 5. The van der Waals surface area contributed by atoms with Gasteiger partial charge in [0, 0.05) is 19.2 Å². The lowest BCUT2D eigenvalue weighted by atomic mass is 10.1. The van der Waals surface area contributed by atoms with Gasteiger partial charge in [-0.25, -0.2) is 19.6 Å². The van der Waals surface area contributed by atoms with Crippen LogP contribution in [-0.4, -0.2) is 59.7 Å². The van der Waals surface area contributed by atoms with Crippen LogP contribution >= 0.6 is 11.6 Å². The third-order valence-corrected chi connectivity index (χ3v) is 5.80. The molecule has 2 unspecified atom stereocenters. The highest BCUT2D eigenvalue weighted by Crippen LogP contribution is 2.24. The number of amides is 3. The molecule has 0 aliphatic carbocycles. The number of aliphatic imine (C=N–C) groups is 1. The number of carbonyl (C=O) groups is 2. The van der Waals surface area contributed by atoms with E-state index in [9.17, 15) is 14.0 Å². The van der Waals surface area contributed by atoms with Gasteiger partial charge in [0.2, 0.25) is 5.96 Å². The predicted octanol–water partition coefficient (Wildman–Crippen LogP) is 3.31. The van der Waals surface area contributed by atoms with Gasteiger partial charge in [0.25, 0.3) is 5.91 Å². The van der Waals surface area contributed by atoms with E-state index in [4.69, 9.17) is 11.6 Å². The van der Waals surface area contributed by atoms with Gasteiger partial charge < -0.3 is 9.80 Å². The molecule has 1 aromatic carbocycles. The van der Waals surface area contributed by atoms with Gasteiger partial charge in [-0.3, -0.25) is 10.1 Å². The van der Waals surface area contributed by atoms with E-state index in [1.54, 1.807) is 13.1 Å². The third-order valence-electron chi connectivity index (χ3n) is 5.47. The highest BCUT2D eigenvalue weighted by molar-refractivity contribution is 6.33. The smallest absolute Gasteiger partial charge is 0.325 e. The zero-order valence-electron chi connectivity index (χ0n) is 17.8. The molecule has 0 aromatic heterocycles. The lowest BCUT2D eigenvalue weighted by molar-refractivity contribution is -0.127. The van der Waals surface area contributed by atoms with Crippen molar-refractivity contribution in [1.82, 2.24) is 20.5 Å². The Morgan fingerprint density at radius 3 is 2.74 bits per heavy atom. The van der Waals surface area contributed by atoms with Crippen LogP contribution < -0.4 is 10.7 Å². The minimum Gasteiger partial charge on any atom is -0.326 e. The van der Waals surface area contributed by atoms with Crippen molar-refractivity contribution < 1.29 is 14.0 Å². The number of guanidine groups is 1. The summed E-state index contributed by atoms with van der Waals surface area (Å²) in [6.07, 6.45) is 7.26. The Bertz CT molecular complexity index is 857. The van der Waals surface area contributed by atoms with Crippen LogP contribution in [0.25, 0.3) is 0 Å². The molecular weight excluding hydrogens is 423 g/mol. The van der Waals surface area contributed by atoms with Crippen molar-refractivity contribution in [2.24, 2.45) is 10.1 Å². The molecule has 3 amide bonds. The Labute approximate surface area is 186 Å². The van der Waals surface area contributed by atoms with Gasteiger partial charge in [-0.2, -0.15) is 5.10 Å². The van der Waals surface area contributed by atoms with Crippen LogP contribution in [0, 0.1) is 5.82 Å². The van der Waals surface area contributed by atoms with E-state index >= 15 is 0 Å². The van der Waals surface area contributed by atoms with E-state index in [1.807, 2.05) is 4.90 Å². The van der Waals surface area contributed by atoms with Crippen LogP contribution in [0.4, 0.5) is 9.18 Å². The summed E-state index contributed by atoms with van der Waals surface area (Å²) < 4.78 is 14.0. The minimum absolute atomic E-state index is 0.153. The van der Waals surface area contributed by atoms with Crippen molar-refractivity contribution in [3.05, 3.63) is 34.6 Å². The summed E-state index contributed by atoms with van der Waals surface area (Å²) in [5.41, 5.74) is 2.96. The molecule has 168 valence electrons. The summed E-state index contributed by atoms with van der Waals surface area (Å²) in [4.78, 5) is 32.3. The summed E-state index contributed by atoms with van der Waals surface area (Å²) >= 11 is 6.03. The summed E-state index contributed by atoms with van der Waals surface area (Å²) in [6.45, 7) is 2.76. The van der Waals surface area contributed by atoms with Gasteiger partial charge in [-0.05, 0) is 18.6 Å². The van der Waals surface area contributed by atoms with Crippen molar-refractivity contribution in [3.63, 3.8) is 0 Å². The highest BCUT2D eigenvalue weighted by Gasteiger charge is 2.48. The molecule has 2 N–H and O–H groups in total. The quantitative estimate of drug-likeness (QED) is 0.343. The first-order chi connectivity index (χ1) is 14.9. The van der Waals surface area contributed by atoms with E-state index in [0.717, 1.165) is 19.3 Å². The number of likely N-dealkylation sites (N-methyl/N-ethyl adjacent to an activating group) is 1. The Kier molecular flexibility index (Phi) is 7.84. The average Bonchev–Trinajstić information content (AvgIpc) is 3.10. The number of imide groups is 1. The first-order valence-corrected chi connectivity index (χ1v) is 11.0. The van der Waals surface area contributed by atoms with E-state index in [1.165, 1.54) is 42.5 Å². The van der Waals surface area contributed by atoms with Crippen LogP contribution in [0.1, 0.15) is 51.0 Å². The molecule has 0 radical (unpaired) electrons. The molecule has 2 aliphatic heterocycles. The minimum atomic E-state index is -0.643. The molecular formula is C21H28ClFN6O2. The topological polar surface area (TPSA) is 89.4 Å². The molecule has 2 aliphatic rings. The first-order valence-electron chi connectivity index (χ1n) is 10.6. The lowest BCUT2D eigenvalue weighted by Gasteiger charge is -2.36. The summed E-state index contributed by atoms with van der Waals surface area (Å²) in [5, 5.41) is 6.69. The molecule has 1 aromatic rings. The van der Waals surface area contributed by atoms with Crippen molar-refractivity contribution >= 4 is 35.7 Å². The zero-order chi connectivity index (χ0) is 22.4. The Hall–Kier alpha value is -2.68.